The van der Waals surface area contributed by atoms with E-state index >= 15 is 0 Å². The summed E-state index contributed by atoms with van der Waals surface area (Å²) in [5.41, 5.74) is 0. The van der Waals surface area contributed by atoms with Crippen LogP contribution < -0.4 is 0 Å². The van der Waals surface area contributed by atoms with Crippen molar-refractivity contribution in [3.8, 4) is 0 Å². The first-order valence-corrected chi connectivity index (χ1v) is 3.97. The third-order valence-corrected chi connectivity index (χ3v) is 2.07. The molecule has 0 amide bonds. The van der Waals surface area contributed by atoms with E-state index in [1.807, 2.05) is 0 Å². The van der Waals surface area contributed by atoms with Gasteiger partial charge in [-0.1, -0.05) is 0 Å². The first-order chi connectivity index (χ1) is 4.83. The molecule has 0 bridgehead atoms. The minimum absolute atomic E-state index is 0.431. The molecule has 0 saturated carbocycles. The average Bonchev–Trinajstić information content (AvgIpc) is 2.14. The van der Waals surface area contributed by atoms with Crippen LogP contribution in [0.3, 0.4) is 0 Å². The van der Waals surface area contributed by atoms with Crippen LogP contribution in [-0.4, -0.2) is 25.9 Å². The van der Waals surface area contributed by atoms with E-state index in [1.54, 1.807) is 7.11 Å². The van der Waals surface area contributed by atoms with E-state index in [4.69, 9.17) is 9.47 Å². The van der Waals surface area contributed by atoms with Crippen molar-refractivity contribution >= 4 is 0 Å². The summed E-state index contributed by atoms with van der Waals surface area (Å²) in [5, 5.41) is 0. The number of ether oxygens (including phenoxy) is 2. The molecule has 2 unspecified atom stereocenters. The lowest BCUT2D eigenvalue weighted by Crippen LogP contribution is -2.09. The zero-order valence-electron chi connectivity index (χ0n) is 6.80. The number of methoxy groups -OCH3 is 1. The molecular weight excluding hydrogens is 128 g/mol. The zero-order valence-corrected chi connectivity index (χ0v) is 6.80. The fourth-order valence-electron chi connectivity index (χ4n) is 1.28. The van der Waals surface area contributed by atoms with Crippen molar-refractivity contribution in [1.82, 2.24) is 0 Å². The van der Waals surface area contributed by atoms with Gasteiger partial charge >= 0.3 is 0 Å². The summed E-state index contributed by atoms with van der Waals surface area (Å²) < 4.78 is 10.7. The molecule has 1 aliphatic heterocycles. The second kappa shape index (κ2) is 3.94. The molecule has 1 saturated heterocycles. The van der Waals surface area contributed by atoms with E-state index < -0.39 is 0 Å². The summed E-state index contributed by atoms with van der Waals surface area (Å²) >= 11 is 0. The summed E-state index contributed by atoms with van der Waals surface area (Å²) in [6.07, 6.45) is 4.21. The first kappa shape index (κ1) is 8.02. The lowest BCUT2D eigenvalue weighted by molar-refractivity contribution is 0.0578. The van der Waals surface area contributed by atoms with Crippen molar-refractivity contribution in [2.75, 3.05) is 13.7 Å². The summed E-state index contributed by atoms with van der Waals surface area (Å²) in [4.78, 5) is 0. The second-order valence-corrected chi connectivity index (χ2v) is 2.91. The Labute approximate surface area is 62.5 Å². The Morgan fingerprint density at radius 1 is 1.30 bits per heavy atom. The van der Waals surface area contributed by atoms with Crippen LogP contribution in [0.4, 0.5) is 0 Å². The highest BCUT2D eigenvalue weighted by atomic mass is 16.5. The van der Waals surface area contributed by atoms with Crippen LogP contribution in [0, 0.1) is 0 Å². The van der Waals surface area contributed by atoms with E-state index in [1.165, 1.54) is 0 Å². The van der Waals surface area contributed by atoms with Gasteiger partial charge in [0.15, 0.2) is 0 Å². The van der Waals surface area contributed by atoms with Gasteiger partial charge in [0.05, 0.1) is 12.2 Å². The van der Waals surface area contributed by atoms with Gasteiger partial charge in [-0.05, 0) is 26.2 Å². The summed E-state index contributed by atoms with van der Waals surface area (Å²) in [5.74, 6) is 0. The minimum Gasteiger partial charge on any atom is -0.381 e. The van der Waals surface area contributed by atoms with Gasteiger partial charge in [-0.2, -0.15) is 0 Å². The third kappa shape index (κ3) is 2.27. The highest BCUT2D eigenvalue weighted by Gasteiger charge is 2.14. The molecule has 2 atom stereocenters. The fraction of sp³-hybridized carbons (Fsp3) is 1.00. The van der Waals surface area contributed by atoms with E-state index in [2.05, 4.69) is 6.92 Å². The maximum Gasteiger partial charge on any atom is 0.0594 e. The molecule has 1 rings (SSSR count). The summed E-state index contributed by atoms with van der Waals surface area (Å²) in [6, 6.07) is 0. The Bertz CT molecular complexity index is 93.3. The lowest BCUT2D eigenvalue weighted by Gasteiger charge is -2.09. The first-order valence-electron chi connectivity index (χ1n) is 3.97. The van der Waals surface area contributed by atoms with Crippen LogP contribution in [0.2, 0.25) is 0 Å². The third-order valence-electron chi connectivity index (χ3n) is 2.07. The van der Waals surface area contributed by atoms with Gasteiger partial charge in [-0.15, -0.1) is 0 Å². The van der Waals surface area contributed by atoms with Gasteiger partial charge in [-0.3, -0.25) is 0 Å². The summed E-state index contributed by atoms with van der Waals surface area (Å²) in [6.45, 7) is 2.98. The largest absolute Gasteiger partial charge is 0.381 e. The van der Waals surface area contributed by atoms with Crippen LogP contribution in [-0.2, 0) is 9.47 Å². The van der Waals surface area contributed by atoms with Crippen molar-refractivity contribution < 1.29 is 9.47 Å². The molecule has 0 aromatic carbocycles. The van der Waals surface area contributed by atoms with Crippen molar-refractivity contribution in [3.63, 3.8) is 0 Å². The smallest absolute Gasteiger partial charge is 0.0594 e. The molecule has 60 valence electrons. The van der Waals surface area contributed by atoms with E-state index in [9.17, 15) is 0 Å². The maximum atomic E-state index is 5.45. The van der Waals surface area contributed by atoms with Crippen LogP contribution in [0.5, 0.6) is 0 Å². The average molecular weight is 144 g/mol. The summed E-state index contributed by atoms with van der Waals surface area (Å²) in [7, 11) is 1.78. The van der Waals surface area contributed by atoms with Gasteiger partial charge < -0.3 is 9.47 Å². The van der Waals surface area contributed by atoms with Crippen LogP contribution >= 0.6 is 0 Å². The van der Waals surface area contributed by atoms with Crippen LogP contribution in [0.15, 0.2) is 0 Å². The van der Waals surface area contributed by atoms with Gasteiger partial charge in [-0.25, -0.2) is 0 Å². The van der Waals surface area contributed by atoms with Gasteiger partial charge in [0, 0.05) is 13.7 Å². The molecule has 0 aromatic rings. The zero-order chi connectivity index (χ0) is 7.40. The molecule has 0 N–H and O–H groups in total. The Balaban J connectivity index is 2.26. The van der Waals surface area contributed by atoms with Crippen LogP contribution in [0.25, 0.3) is 0 Å². The fourth-order valence-corrected chi connectivity index (χ4v) is 1.28. The molecule has 0 aromatic heterocycles. The lowest BCUT2D eigenvalue weighted by atomic mass is 10.1. The molecular formula is C8H16O2. The quantitative estimate of drug-likeness (QED) is 0.556. The highest BCUT2D eigenvalue weighted by Crippen LogP contribution is 2.15. The van der Waals surface area contributed by atoms with E-state index in [0.717, 1.165) is 25.9 Å². The molecule has 0 spiro atoms. The highest BCUT2D eigenvalue weighted by molar-refractivity contribution is 4.65. The molecule has 1 aliphatic rings. The molecule has 0 radical (unpaired) electrons. The van der Waals surface area contributed by atoms with E-state index in [-0.39, 0.29) is 0 Å². The monoisotopic (exact) mass is 144 g/mol. The topological polar surface area (TPSA) is 18.5 Å². The van der Waals surface area contributed by atoms with Gasteiger partial charge in [0.1, 0.15) is 0 Å². The predicted octanol–water partition coefficient (Wildman–Crippen LogP) is 1.59. The molecule has 2 nitrogen and oxygen atoms in total. The molecule has 0 aliphatic carbocycles. The van der Waals surface area contributed by atoms with Gasteiger partial charge in [0.2, 0.25) is 0 Å². The number of hydrogen-bond acceptors (Lipinski definition) is 2. The predicted molar refractivity (Wildman–Crippen MR) is 40.1 cm³/mol. The van der Waals surface area contributed by atoms with E-state index in [0.29, 0.717) is 12.2 Å². The molecule has 1 fully saturated rings. The Hall–Kier alpha value is -0.0800. The molecule has 10 heavy (non-hydrogen) atoms. The standard InChI is InChI=1S/C8H16O2/c1-7-3-4-8(9-2)5-6-10-7/h7-8H,3-6H2,1-2H3. The van der Waals surface area contributed by atoms with Crippen LogP contribution in [0.1, 0.15) is 26.2 Å². The number of rotatable bonds is 1. The maximum absolute atomic E-state index is 5.45. The van der Waals surface area contributed by atoms with Crippen molar-refractivity contribution in [1.29, 1.82) is 0 Å². The Morgan fingerprint density at radius 2 is 2.10 bits per heavy atom. The molecule has 1 heterocycles. The normalized spacial score (nSPS) is 35.4. The van der Waals surface area contributed by atoms with Crippen molar-refractivity contribution in [2.24, 2.45) is 0 Å². The van der Waals surface area contributed by atoms with Crippen molar-refractivity contribution in [2.45, 2.75) is 38.4 Å². The SMILES string of the molecule is COC1CCOC(C)CC1. The molecule has 2 heteroatoms. The van der Waals surface area contributed by atoms with Gasteiger partial charge in [0.25, 0.3) is 0 Å². The second-order valence-electron chi connectivity index (χ2n) is 2.91. The Kier molecular flexibility index (Phi) is 3.16. The number of hydrogen-bond donors (Lipinski definition) is 0. The van der Waals surface area contributed by atoms with Crippen molar-refractivity contribution in [3.05, 3.63) is 0 Å². The Morgan fingerprint density at radius 3 is 2.80 bits per heavy atom. The minimum atomic E-state index is 0.431.